The number of likely N-dealkylation sites (tertiary alicyclic amines) is 2. The van der Waals surface area contributed by atoms with E-state index in [-0.39, 0.29) is 11.8 Å². The third-order valence-electron chi connectivity index (χ3n) is 7.73. The van der Waals surface area contributed by atoms with Crippen LogP contribution in [-0.2, 0) is 31.2 Å². The third-order valence-corrected chi connectivity index (χ3v) is 7.73. The maximum atomic E-state index is 12.8. The Bertz CT molecular complexity index is 876. The molecular formula is C25H35N5O. The first-order valence-electron chi connectivity index (χ1n) is 12.0. The molecule has 0 saturated carbocycles. The van der Waals surface area contributed by atoms with E-state index in [1.807, 2.05) is 17.8 Å². The molecule has 2 aromatic rings. The summed E-state index contributed by atoms with van der Waals surface area (Å²) in [5.41, 5.74) is 3.09. The number of hydrogen-bond donors (Lipinski definition) is 1. The molecule has 2 fully saturated rings. The molecule has 0 spiro atoms. The highest BCUT2D eigenvalue weighted by Crippen LogP contribution is 2.29. The molecule has 1 aromatic heterocycles. The van der Waals surface area contributed by atoms with Gasteiger partial charge < -0.3 is 9.88 Å². The summed E-state index contributed by atoms with van der Waals surface area (Å²) in [6.07, 6.45) is 10.7. The predicted molar refractivity (Wildman–Crippen MR) is 122 cm³/mol. The van der Waals surface area contributed by atoms with E-state index in [4.69, 9.17) is 0 Å². The van der Waals surface area contributed by atoms with Crippen LogP contribution in [0.3, 0.4) is 0 Å². The second-order valence-corrected chi connectivity index (χ2v) is 9.60. The molecule has 0 unspecified atom stereocenters. The first kappa shape index (κ1) is 20.7. The molecule has 0 bridgehead atoms. The van der Waals surface area contributed by atoms with E-state index in [0.717, 1.165) is 31.8 Å². The molecule has 1 atom stereocenters. The largest absolute Gasteiger partial charge is 0.349 e. The average molecular weight is 422 g/mol. The van der Waals surface area contributed by atoms with Gasteiger partial charge in [0.15, 0.2) is 0 Å². The normalized spacial score (nSPS) is 23.7. The molecule has 3 heterocycles. The zero-order valence-corrected chi connectivity index (χ0v) is 18.7. The number of aryl methyl sites for hydroxylation is 1. The van der Waals surface area contributed by atoms with Gasteiger partial charge in [-0.1, -0.05) is 24.3 Å². The quantitative estimate of drug-likeness (QED) is 0.806. The monoisotopic (exact) mass is 421 g/mol. The van der Waals surface area contributed by atoms with Gasteiger partial charge in [-0.3, -0.25) is 14.6 Å². The standard InChI is InChI=1S/C25H35N5O/c1-28-14-10-26-24(28)17-27-25(31)21-7-4-11-30(18-21)22-8-12-29(13-9-22)23-15-19-5-2-3-6-20(19)16-23/h2-3,5-6,10,14,21-23H,4,7-9,11-13,15-18H2,1H3,(H,27,31)/t21-/m0/s1. The summed E-state index contributed by atoms with van der Waals surface area (Å²) >= 11 is 0. The SMILES string of the molecule is Cn1ccnc1CNC(=O)[C@H]1CCCN(C2CCN(C3Cc4ccccc4C3)CC2)C1. The van der Waals surface area contributed by atoms with Crippen molar-refractivity contribution < 1.29 is 4.79 Å². The van der Waals surface area contributed by atoms with Crippen molar-refractivity contribution >= 4 is 5.91 Å². The van der Waals surface area contributed by atoms with Gasteiger partial charge in [-0.15, -0.1) is 0 Å². The Balaban J connectivity index is 1.10. The van der Waals surface area contributed by atoms with Crippen LogP contribution in [-0.4, -0.2) is 63.5 Å². The molecule has 166 valence electrons. The van der Waals surface area contributed by atoms with E-state index >= 15 is 0 Å². The molecule has 1 aliphatic carbocycles. The van der Waals surface area contributed by atoms with Crippen molar-refractivity contribution in [3.05, 3.63) is 53.6 Å². The minimum Gasteiger partial charge on any atom is -0.349 e. The number of aromatic nitrogens is 2. The molecule has 1 aromatic carbocycles. The molecule has 1 N–H and O–H groups in total. The van der Waals surface area contributed by atoms with Crippen molar-refractivity contribution in [2.24, 2.45) is 13.0 Å². The number of carbonyl (C=O) groups is 1. The first-order chi connectivity index (χ1) is 15.2. The van der Waals surface area contributed by atoms with Gasteiger partial charge in [0.1, 0.15) is 5.82 Å². The van der Waals surface area contributed by atoms with Gasteiger partial charge in [0, 0.05) is 38.1 Å². The van der Waals surface area contributed by atoms with Crippen molar-refractivity contribution in [1.29, 1.82) is 0 Å². The number of hydrogen-bond acceptors (Lipinski definition) is 4. The highest BCUT2D eigenvalue weighted by atomic mass is 16.1. The van der Waals surface area contributed by atoms with Gasteiger partial charge in [0.2, 0.25) is 5.91 Å². The fourth-order valence-electron chi connectivity index (χ4n) is 5.84. The molecule has 1 amide bonds. The number of benzene rings is 1. The minimum absolute atomic E-state index is 0.108. The highest BCUT2D eigenvalue weighted by Gasteiger charge is 2.34. The number of carbonyl (C=O) groups excluding carboxylic acids is 1. The summed E-state index contributed by atoms with van der Waals surface area (Å²) < 4.78 is 1.96. The Kier molecular flexibility index (Phi) is 6.10. The van der Waals surface area contributed by atoms with Gasteiger partial charge in [-0.25, -0.2) is 4.98 Å². The van der Waals surface area contributed by atoms with E-state index < -0.39 is 0 Å². The second kappa shape index (κ2) is 9.13. The number of fused-ring (bicyclic) bond motifs is 1. The molecule has 2 saturated heterocycles. The molecule has 3 aliphatic rings. The van der Waals surface area contributed by atoms with Crippen LogP contribution < -0.4 is 5.32 Å². The number of nitrogens with zero attached hydrogens (tertiary/aromatic N) is 4. The Labute approximate surface area is 185 Å². The Morgan fingerprint density at radius 2 is 1.77 bits per heavy atom. The van der Waals surface area contributed by atoms with Crippen molar-refractivity contribution in [1.82, 2.24) is 24.7 Å². The minimum atomic E-state index is 0.108. The molecule has 0 radical (unpaired) electrons. The van der Waals surface area contributed by atoms with Crippen LogP contribution in [0.1, 0.15) is 42.6 Å². The Morgan fingerprint density at radius 3 is 2.45 bits per heavy atom. The van der Waals surface area contributed by atoms with Gasteiger partial charge >= 0.3 is 0 Å². The van der Waals surface area contributed by atoms with Crippen LogP contribution in [0.2, 0.25) is 0 Å². The Hall–Kier alpha value is -2.18. The summed E-state index contributed by atoms with van der Waals surface area (Å²) in [6.45, 7) is 4.95. The van der Waals surface area contributed by atoms with Crippen LogP contribution in [0.15, 0.2) is 36.7 Å². The lowest BCUT2D eigenvalue weighted by Crippen LogP contribution is -2.52. The van der Waals surface area contributed by atoms with Crippen LogP contribution in [0.4, 0.5) is 0 Å². The highest BCUT2D eigenvalue weighted by molar-refractivity contribution is 5.78. The number of nitrogens with one attached hydrogen (secondary N) is 1. The Morgan fingerprint density at radius 1 is 1.03 bits per heavy atom. The molecule has 2 aliphatic heterocycles. The molecule has 5 rings (SSSR count). The lowest BCUT2D eigenvalue weighted by atomic mass is 9.92. The number of piperidine rings is 2. The topological polar surface area (TPSA) is 53.4 Å². The smallest absolute Gasteiger partial charge is 0.224 e. The van der Waals surface area contributed by atoms with E-state index in [0.29, 0.717) is 18.6 Å². The lowest BCUT2D eigenvalue weighted by Gasteiger charge is -2.43. The molecular weight excluding hydrogens is 386 g/mol. The molecule has 6 nitrogen and oxygen atoms in total. The zero-order chi connectivity index (χ0) is 21.2. The van der Waals surface area contributed by atoms with Crippen LogP contribution in [0.25, 0.3) is 0 Å². The summed E-state index contributed by atoms with van der Waals surface area (Å²) in [7, 11) is 1.97. The van der Waals surface area contributed by atoms with Crippen molar-refractivity contribution in [3.63, 3.8) is 0 Å². The second-order valence-electron chi connectivity index (χ2n) is 9.60. The maximum Gasteiger partial charge on any atom is 0.224 e. The zero-order valence-electron chi connectivity index (χ0n) is 18.7. The molecule has 6 heteroatoms. The van der Waals surface area contributed by atoms with Gasteiger partial charge in [0.25, 0.3) is 0 Å². The fraction of sp³-hybridized carbons (Fsp3) is 0.600. The molecule has 31 heavy (non-hydrogen) atoms. The van der Waals surface area contributed by atoms with Gasteiger partial charge in [0.05, 0.1) is 12.5 Å². The summed E-state index contributed by atoms with van der Waals surface area (Å²) in [5.74, 6) is 1.20. The average Bonchev–Trinajstić information content (AvgIpc) is 3.43. The summed E-state index contributed by atoms with van der Waals surface area (Å²) in [5, 5.41) is 3.11. The predicted octanol–water partition coefficient (Wildman–Crippen LogP) is 2.38. The van der Waals surface area contributed by atoms with Crippen LogP contribution in [0.5, 0.6) is 0 Å². The van der Waals surface area contributed by atoms with Crippen molar-refractivity contribution in [2.45, 2.75) is 57.2 Å². The lowest BCUT2D eigenvalue weighted by molar-refractivity contribution is -0.127. The van der Waals surface area contributed by atoms with E-state index in [9.17, 15) is 4.79 Å². The first-order valence-corrected chi connectivity index (χ1v) is 12.0. The van der Waals surface area contributed by atoms with Gasteiger partial charge in [-0.05, 0) is 69.3 Å². The van der Waals surface area contributed by atoms with Crippen molar-refractivity contribution in [3.8, 4) is 0 Å². The number of amides is 1. The fourth-order valence-corrected chi connectivity index (χ4v) is 5.84. The van der Waals surface area contributed by atoms with E-state index in [2.05, 4.69) is 44.4 Å². The van der Waals surface area contributed by atoms with E-state index in [1.54, 1.807) is 17.3 Å². The van der Waals surface area contributed by atoms with E-state index in [1.165, 1.54) is 38.8 Å². The summed E-state index contributed by atoms with van der Waals surface area (Å²) in [6, 6.07) is 10.3. The number of imidazole rings is 1. The summed E-state index contributed by atoms with van der Waals surface area (Å²) in [4.78, 5) is 22.4. The maximum absolute atomic E-state index is 12.8. The van der Waals surface area contributed by atoms with Crippen LogP contribution >= 0.6 is 0 Å². The van der Waals surface area contributed by atoms with Gasteiger partial charge in [-0.2, -0.15) is 0 Å². The van der Waals surface area contributed by atoms with Crippen LogP contribution in [0, 0.1) is 5.92 Å². The third kappa shape index (κ3) is 4.55. The number of rotatable bonds is 5. The van der Waals surface area contributed by atoms with Crippen molar-refractivity contribution in [2.75, 3.05) is 26.2 Å².